The first-order valence-corrected chi connectivity index (χ1v) is 11.9. The lowest BCUT2D eigenvalue weighted by atomic mass is 9.84. The summed E-state index contributed by atoms with van der Waals surface area (Å²) in [5.74, 6) is -1.41. The highest BCUT2D eigenvalue weighted by Crippen LogP contribution is 2.33. The molecule has 2 amide bonds. The standard InChI is InChI=1S/C29H25NO5/c31-26(21-13-11-20(12-14-21)19-7-3-1-4-8-19)18-35-29(34)22-15-16-24-25(17-22)28(33)30(27(24)32)23-9-5-2-6-10-23/h2,5-6,9-17,19H,1,3-4,7-8,18H2. The van der Waals surface area contributed by atoms with Crippen molar-refractivity contribution in [2.45, 2.75) is 38.0 Å². The fourth-order valence-corrected chi connectivity index (χ4v) is 4.85. The van der Waals surface area contributed by atoms with Crippen LogP contribution in [-0.2, 0) is 4.74 Å². The molecule has 1 aliphatic carbocycles. The number of carbonyl (C=O) groups is 4. The number of para-hydroxylation sites is 1. The molecule has 0 radical (unpaired) electrons. The van der Waals surface area contributed by atoms with E-state index in [2.05, 4.69) is 0 Å². The van der Waals surface area contributed by atoms with Crippen molar-refractivity contribution in [1.82, 2.24) is 0 Å². The Morgan fingerprint density at radius 1 is 0.771 bits per heavy atom. The van der Waals surface area contributed by atoms with Crippen LogP contribution in [0, 0.1) is 0 Å². The molecule has 0 spiro atoms. The summed E-state index contributed by atoms with van der Waals surface area (Å²) in [7, 11) is 0. The second-order valence-electron chi connectivity index (χ2n) is 9.00. The number of amides is 2. The third-order valence-electron chi connectivity index (χ3n) is 6.78. The van der Waals surface area contributed by atoms with Gasteiger partial charge in [-0.3, -0.25) is 14.4 Å². The number of fused-ring (bicyclic) bond motifs is 1. The molecule has 2 aliphatic rings. The Kier molecular flexibility index (Phi) is 6.27. The molecule has 1 saturated carbocycles. The third kappa shape index (κ3) is 4.52. The fourth-order valence-electron chi connectivity index (χ4n) is 4.85. The van der Waals surface area contributed by atoms with Gasteiger partial charge in [-0.25, -0.2) is 9.69 Å². The van der Waals surface area contributed by atoms with Crippen LogP contribution in [-0.4, -0.2) is 30.2 Å². The molecule has 0 atom stereocenters. The van der Waals surface area contributed by atoms with Crippen molar-refractivity contribution in [3.05, 3.63) is 101 Å². The highest BCUT2D eigenvalue weighted by Gasteiger charge is 2.37. The quantitative estimate of drug-likeness (QED) is 0.269. The maximum absolute atomic E-state index is 12.9. The van der Waals surface area contributed by atoms with Crippen LogP contribution in [0.4, 0.5) is 5.69 Å². The van der Waals surface area contributed by atoms with Crippen LogP contribution in [0.3, 0.4) is 0 Å². The molecule has 3 aromatic rings. The number of ether oxygens (including phenoxy) is 1. The molecule has 1 heterocycles. The van der Waals surface area contributed by atoms with E-state index in [1.165, 1.54) is 55.9 Å². The number of ketones is 1. The molecule has 0 aromatic heterocycles. The number of benzene rings is 3. The van der Waals surface area contributed by atoms with Crippen LogP contribution < -0.4 is 4.90 Å². The number of carbonyl (C=O) groups excluding carboxylic acids is 4. The van der Waals surface area contributed by atoms with Gasteiger partial charge in [-0.2, -0.15) is 0 Å². The molecule has 5 rings (SSSR count). The molecule has 0 saturated heterocycles. The average Bonchev–Trinajstić information content (AvgIpc) is 3.17. The zero-order chi connectivity index (χ0) is 24.4. The van der Waals surface area contributed by atoms with E-state index in [4.69, 9.17) is 4.74 Å². The second-order valence-corrected chi connectivity index (χ2v) is 9.00. The van der Waals surface area contributed by atoms with Crippen LogP contribution in [0.1, 0.15) is 85.0 Å². The molecule has 0 bridgehead atoms. The van der Waals surface area contributed by atoms with Crippen LogP contribution in [0.2, 0.25) is 0 Å². The van der Waals surface area contributed by atoms with Crippen molar-refractivity contribution in [3.63, 3.8) is 0 Å². The summed E-state index contributed by atoms with van der Waals surface area (Å²) in [5, 5.41) is 0. The lowest BCUT2D eigenvalue weighted by Crippen LogP contribution is -2.29. The minimum absolute atomic E-state index is 0.111. The number of rotatable bonds is 6. The van der Waals surface area contributed by atoms with Gasteiger partial charge in [-0.1, -0.05) is 61.7 Å². The molecule has 6 heteroatoms. The first-order valence-electron chi connectivity index (χ1n) is 11.9. The summed E-state index contributed by atoms with van der Waals surface area (Å²) < 4.78 is 5.23. The summed E-state index contributed by atoms with van der Waals surface area (Å²) in [6.07, 6.45) is 6.15. The van der Waals surface area contributed by atoms with Gasteiger partial charge in [-0.15, -0.1) is 0 Å². The van der Waals surface area contributed by atoms with Crippen molar-refractivity contribution >= 4 is 29.3 Å². The predicted octanol–water partition coefficient (Wildman–Crippen LogP) is 5.57. The number of nitrogens with zero attached hydrogens (tertiary/aromatic N) is 1. The largest absolute Gasteiger partial charge is 0.454 e. The van der Waals surface area contributed by atoms with Crippen LogP contribution in [0.15, 0.2) is 72.8 Å². The fraction of sp³-hybridized carbons (Fsp3) is 0.241. The third-order valence-corrected chi connectivity index (χ3v) is 6.78. The average molecular weight is 468 g/mol. The van der Waals surface area contributed by atoms with Crippen molar-refractivity contribution in [1.29, 1.82) is 0 Å². The van der Waals surface area contributed by atoms with E-state index >= 15 is 0 Å². The van der Waals surface area contributed by atoms with Crippen LogP contribution in [0.5, 0.6) is 0 Å². The first kappa shape index (κ1) is 22.7. The van der Waals surface area contributed by atoms with E-state index < -0.39 is 24.4 Å². The van der Waals surface area contributed by atoms with E-state index in [9.17, 15) is 19.2 Å². The van der Waals surface area contributed by atoms with Gasteiger partial charge < -0.3 is 4.74 Å². The highest BCUT2D eigenvalue weighted by molar-refractivity contribution is 6.34. The molecule has 6 nitrogen and oxygen atoms in total. The van der Waals surface area contributed by atoms with Gasteiger partial charge in [0.15, 0.2) is 12.4 Å². The van der Waals surface area contributed by atoms with E-state index in [1.54, 1.807) is 42.5 Å². The Morgan fingerprint density at radius 3 is 2.14 bits per heavy atom. The van der Waals surface area contributed by atoms with Crippen molar-refractivity contribution in [2.75, 3.05) is 11.5 Å². The maximum Gasteiger partial charge on any atom is 0.338 e. The Bertz CT molecular complexity index is 1290. The molecule has 0 N–H and O–H groups in total. The van der Waals surface area contributed by atoms with Crippen LogP contribution in [0.25, 0.3) is 0 Å². The second kappa shape index (κ2) is 9.66. The number of hydrogen-bond donors (Lipinski definition) is 0. The van der Waals surface area contributed by atoms with Crippen LogP contribution >= 0.6 is 0 Å². The molecule has 176 valence electrons. The minimum Gasteiger partial charge on any atom is -0.454 e. The van der Waals surface area contributed by atoms with Gasteiger partial charge in [0.2, 0.25) is 0 Å². The Labute approximate surface area is 203 Å². The van der Waals surface area contributed by atoms with Crippen molar-refractivity contribution < 1.29 is 23.9 Å². The van der Waals surface area contributed by atoms with Gasteiger partial charge in [0.25, 0.3) is 11.8 Å². The molecule has 1 aliphatic heterocycles. The SMILES string of the molecule is O=C(COC(=O)c1ccc2c(c1)C(=O)N(c1ccccc1)C2=O)c1ccc(C2CCCCC2)cc1. The van der Waals surface area contributed by atoms with Gasteiger partial charge in [-0.05, 0) is 54.7 Å². The summed E-state index contributed by atoms with van der Waals surface area (Å²) in [6.45, 7) is -0.401. The van der Waals surface area contributed by atoms with Crippen molar-refractivity contribution in [2.24, 2.45) is 0 Å². The number of imide groups is 1. The van der Waals surface area contributed by atoms with E-state index in [1.807, 2.05) is 12.1 Å². The number of Topliss-reactive ketones (excluding diaryl/α,β-unsaturated/α-hetero) is 1. The Hall–Kier alpha value is -4.06. The normalized spacial score (nSPS) is 15.7. The lowest BCUT2D eigenvalue weighted by molar-refractivity contribution is 0.0474. The summed E-state index contributed by atoms with van der Waals surface area (Å²) in [5.41, 5.74) is 2.68. The van der Waals surface area contributed by atoms with Gasteiger partial charge in [0.05, 0.1) is 22.4 Å². The molecular formula is C29H25NO5. The Morgan fingerprint density at radius 2 is 1.43 bits per heavy atom. The summed E-state index contributed by atoms with van der Waals surface area (Å²) >= 11 is 0. The lowest BCUT2D eigenvalue weighted by Gasteiger charge is -2.22. The number of esters is 1. The summed E-state index contributed by atoms with van der Waals surface area (Å²) in [4.78, 5) is 51.9. The van der Waals surface area contributed by atoms with Gasteiger partial charge in [0.1, 0.15) is 0 Å². The molecular weight excluding hydrogens is 442 g/mol. The van der Waals surface area contributed by atoms with E-state index in [0.29, 0.717) is 17.2 Å². The van der Waals surface area contributed by atoms with E-state index in [0.717, 1.165) is 4.90 Å². The number of anilines is 1. The van der Waals surface area contributed by atoms with Gasteiger partial charge >= 0.3 is 5.97 Å². The van der Waals surface area contributed by atoms with Gasteiger partial charge in [0, 0.05) is 5.56 Å². The molecule has 1 fully saturated rings. The zero-order valence-electron chi connectivity index (χ0n) is 19.2. The first-order chi connectivity index (χ1) is 17.0. The molecule has 0 unspecified atom stereocenters. The predicted molar refractivity (Wildman–Crippen MR) is 131 cm³/mol. The monoisotopic (exact) mass is 467 g/mol. The maximum atomic E-state index is 12.9. The zero-order valence-corrected chi connectivity index (χ0v) is 19.2. The topological polar surface area (TPSA) is 80.8 Å². The number of hydrogen-bond acceptors (Lipinski definition) is 5. The smallest absolute Gasteiger partial charge is 0.338 e. The molecule has 35 heavy (non-hydrogen) atoms. The molecule has 3 aromatic carbocycles. The van der Waals surface area contributed by atoms with Crippen molar-refractivity contribution in [3.8, 4) is 0 Å². The Balaban J connectivity index is 1.23. The minimum atomic E-state index is -0.724. The summed E-state index contributed by atoms with van der Waals surface area (Å²) in [6, 6.07) is 20.4. The highest BCUT2D eigenvalue weighted by atomic mass is 16.5. The van der Waals surface area contributed by atoms with E-state index in [-0.39, 0.29) is 22.5 Å².